The second-order valence-corrected chi connectivity index (χ2v) is 8.64. The maximum atomic E-state index is 12.6. The molecule has 1 saturated carbocycles. The van der Waals surface area contributed by atoms with E-state index in [0.717, 1.165) is 46.1 Å². The minimum atomic E-state index is -0.765. The second kappa shape index (κ2) is 9.11. The number of carboxylic acid groups (broad SMARTS) is 1. The van der Waals surface area contributed by atoms with Gasteiger partial charge in [-0.25, -0.2) is 0 Å². The molecule has 7 heteroatoms. The van der Waals surface area contributed by atoms with Gasteiger partial charge in [-0.05, 0) is 54.6 Å². The number of carboxylic acids is 1. The van der Waals surface area contributed by atoms with E-state index in [2.05, 4.69) is 14.9 Å². The van der Waals surface area contributed by atoms with Gasteiger partial charge in [0.1, 0.15) is 12.4 Å². The van der Waals surface area contributed by atoms with Crippen LogP contribution in [0.5, 0.6) is 5.75 Å². The number of para-hydroxylation sites is 1. The van der Waals surface area contributed by atoms with Crippen molar-refractivity contribution >= 4 is 27.8 Å². The van der Waals surface area contributed by atoms with Crippen LogP contribution >= 0.6 is 0 Å². The third-order valence-corrected chi connectivity index (χ3v) is 6.49. The third-order valence-electron chi connectivity index (χ3n) is 6.49. The number of carbonyl (C=O) groups is 1. The number of benzene rings is 2. The number of aromatic amines is 2. The summed E-state index contributed by atoms with van der Waals surface area (Å²) in [5.74, 6) is -0.00790. The zero-order valence-corrected chi connectivity index (χ0v) is 18.3. The highest BCUT2D eigenvalue weighted by atomic mass is 16.5. The van der Waals surface area contributed by atoms with E-state index in [9.17, 15) is 9.59 Å². The molecule has 0 radical (unpaired) electrons. The molecule has 4 aromatic rings. The Labute approximate surface area is 191 Å². The molecule has 2 aromatic heterocycles. The number of nitrogens with zero attached hydrogens (tertiary/aromatic N) is 1. The highest BCUT2D eigenvalue weighted by Gasteiger charge is 2.25. The Morgan fingerprint density at radius 3 is 2.61 bits per heavy atom. The van der Waals surface area contributed by atoms with Crippen molar-refractivity contribution in [3.05, 3.63) is 65.0 Å². The molecule has 0 aliphatic heterocycles. The van der Waals surface area contributed by atoms with E-state index in [4.69, 9.17) is 9.84 Å². The molecule has 0 saturated heterocycles. The number of fused-ring (bicyclic) bond motifs is 2. The molecule has 3 N–H and O–H groups in total. The molecule has 0 atom stereocenters. The van der Waals surface area contributed by atoms with Crippen molar-refractivity contribution in [3.8, 4) is 17.0 Å². The van der Waals surface area contributed by atoms with E-state index in [1.54, 1.807) is 0 Å². The van der Waals surface area contributed by atoms with E-state index < -0.39 is 5.97 Å². The molecule has 1 aliphatic rings. The molecule has 0 unspecified atom stereocenters. The van der Waals surface area contributed by atoms with Crippen molar-refractivity contribution in [2.45, 2.75) is 31.7 Å². The number of aromatic nitrogens is 2. The highest BCUT2D eigenvalue weighted by Crippen LogP contribution is 2.28. The fourth-order valence-corrected chi connectivity index (χ4v) is 4.44. The fraction of sp³-hybridized carbons (Fsp3) is 0.308. The van der Waals surface area contributed by atoms with Crippen LogP contribution in [-0.2, 0) is 4.79 Å². The van der Waals surface area contributed by atoms with Crippen LogP contribution in [0.15, 0.2) is 59.4 Å². The van der Waals surface area contributed by atoms with E-state index in [0.29, 0.717) is 31.3 Å². The Morgan fingerprint density at radius 2 is 1.82 bits per heavy atom. The largest absolute Gasteiger partial charge is 0.492 e. The van der Waals surface area contributed by atoms with Crippen LogP contribution in [0.4, 0.5) is 0 Å². The van der Waals surface area contributed by atoms with Crippen molar-refractivity contribution < 1.29 is 14.6 Å². The van der Waals surface area contributed by atoms with Crippen molar-refractivity contribution in [2.24, 2.45) is 0 Å². The van der Waals surface area contributed by atoms with Gasteiger partial charge in [0.25, 0.3) is 5.56 Å². The van der Waals surface area contributed by atoms with Gasteiger partial charge < -0.3 is 19.8 Å². The topological polar surface area (TPSA) is 98.4 Å². The number of ether oxygens (including phenoxy) is 1. The van der Waals surface area contributed by atoms with Gasteiger partial charge in [0.05, 0.1) is 17.7 Å². The molecular formula is C26H27N3O4. The summed E-state index contributed by atoms with van der Waals surface area (Å²) in [7, 11) is 0. The fourth-order valence-electron chi connectivity index (χ4n) is 4.44. The molecule has 0 amide bonds. The van der Waals surface area contributed by atoms with Crippen molar-refractivity contribution in [2.75, 3.05) is 19.7 Å². The first kappa shape index (κ1) is 21.3. The van der Waals surface area contributed by atoms with Gasteiger partial charge in [-0.2, -0.15) is 0 Å². The lowest BCUT2D eigenvalue weighted by molar-refractivity contribution is -0.137. The number of H-pyrrole nitrogens is 2. The molecule has 1 aliphatic carbocycles. The van der Waals surface area contributed by atoms with Crippen LogP contribution in [0.2, 0.25) is 0 Å². The summed E-state index contributed by atoms with van der Waals surface area (Å²) in [5, 5.41) is 11.0. The van der Waals surface area contributed by atoms with Crippen LogP contribution in [0.25, 0.3) is 33.1 Å². The standard InChI is InChI=1S/C26H27N3O4/c30-25(31)10-11-29(19-5-3-6-19)12-13-33-20-8-9-23-18(14-20)16-24(27-23)21-15-17-4-1-2-7-22(17)28-26(21)32/h1-2,4,7-9,14-16,19,27H,3,5-6,10-13H2,(H,28,32)(H,30,31). The number of hydrogen-bond donors (Lipinski definition) is 3. The number of hydrogen-bond acceptors (Lipinski definition) is 4. The van der Waals surface area contributed by atoms with Gasteiger partial charge in [0, 0.05) is 35.6 Å². The number of pyridine rings is 1. The van der Waals surface area contributed by atoms with Gasteiger partial charge in [-0.15, -0.1) is 0 Å². The van der Waals surface area contributed by atoms with Crippen molar-refractivity contribution in [3.63, 3.8) is 0 Å². The summed E-state index contributed by atoms with van der Waals surface area (Å²) in [6, 6.07) is 17.9. The molecule has 2 aromatic carbocycles. The molecule has 5 rings (SSSR count). The Hall–Kier alpha value is -3.58. The molecular weight excluding hydrogens is 418 g/mol. The lowest BCUT2D eigenvalue weighted by Crippen LogP contribution is -2.43. The number of aliphatic carboxylic acids is 1. The van der Waals surface area contributed by atoms with E-state index in [1.807, 2.05) is 54.6 Å². The Bertz CT molecular complexity index is 1350. The normalized spacial score (nSPS) is 14.1. The van der Waals surface area contributed by atoms with Crippen LogP contribution < -0.4 is 10.3 Å². The van der Waals surface area contributed by atoms with Gasteiger partial charge in [-0.1, -0.05) is 24.6 Å². The molecule has 0 spiro atoms. The summed E-state index contributed by atoms with van der Waals surface area (Å²) in [6.07, 6.45) is 3.63. The van der Waals surface area contributed by atoms with Gasteiger partial charge in [-0.3, -0.25) is 14.5 Å². The second-order valence-electron chi connectivity index (χ2n) is 8.64. The van der Waals surface area contributed by atoms with Crippen LogP contribution in [0.1, 0.15) is 25.7 Å². The predicted molar refractivity (Wildman–Crippen MR) is 129 cm³/mol. The average Bonchev–Trinajstić information content (AvgIpc) is 3.18. The molecule has 33 heavy (non-hydrogen) atoms. The lowest BCUT2D eigenvalue weighted by atomic mass is 9.91. The minimum Gasteiger partial charge on any atom is -0.492 e. The SMILES string of the molecule is O=C(O)CCN(CCOc1ccc2[nH]c(-c3cc4ccccc4[nH]c3=O)cc2c1)C1CCC1. The van der Waals surface area contributed by atoms with E-state index in [1.165, 1.54) is 6.42 Å². The van der Waals surface area contributed by atoms with Gasteiger partial charge in [0.15, 0.2) is 0 Å². The van der Waals surface area contributed by atoms with Crippen LogP contribution in [0, 0.1) is 0 Å². The quantitative estimate of drug-likeness (QED) is 0.355. The summed E-state index contributed by atoms with van der Waals surface area (Å²) >= 11 is 0. The summed E-state index contributed by atoms with van der Waals surface area (Å²) in [6.45, 7) is 1.77. The Kier molecular flexibility index (Phi) is 5.88. The molecule has 2 heterocycles. The van der Waals surface area contributed by atoms with Crippen molar-refractivity contribution in [1.29, 1.82) is 0 Å². The Morgan fingerprint density at radius 1 is 1.00 bits per heavy atom. The molecule has 1 fully saturated rings. The van der Waals surface area contributed by atoms with E-state index in [-0.39, 0.29) is 12.0 Å². The summed E-state index contributed by atoms with van der Waals surface area (Å²) in [4.78, 5) is 32.1. The molecule has 0 bridgehead atoms. The minimum absolute atomic E-state index is 0.130. The summed E-state index contributed by atoms with van der Waals surface area (Å²) < 4.78 is 6.00. The Balaban J connectivity index is 1.30. The molecule has 7 nitrogen and oxygen atoms in total. The maximum absolute atomic E-state index is 12.6. The van der Waals surface area contributed by atoms with E-state index >= 15 is 0 Å². The first-order valence-corrected chi connectivity index (χ1v) is 11.4. The third kappa shape index (κ3) is 4.64. The number of rotatable bonds is 9. The van der Waals surface area contributed by atoms with Crippen LogP contribution in [0.3, 0.4) is 0 Å². The maximum Gasteiger partial charge on any atom is 0.304 e. The zero-order chi connectivity index (χ0) is 22.8. The highest BCUT2D eigenvalue weighted by molar-refractivity contribution is 5.89. The van der Waals surface area contributed by atoms with Crippen molar-refractivity contribution in [1.82, 2.24) is 14.9 Å². The predicted octanol–water partition coefficient (Wildman–Crippen LogP) is 4.38. The summed E-state index contributed by atoms with van der Waals surface area (Å²) in [5.41, 5.74) is 2.98. The van der Waals surface area contributed by atoms with Gasteiger partial charge in [0.2, 0.25) is 0 Å². The first-order valence-electron chi connectivity index (χ1n) is 11.4. The average molecular weight is 446 g/mol. The zero-order valence-electron chi connectivity index (χ0n) is 18.3. The number of nitrogens with one attached hydrogen (secondary N) is 2. The van der Waals surface area contributed by atoms with Crippen LogP contribution in [-0.4, -0.2) is 51.7 Å². The van der Waals surface area contributed by atoms with Gasteiger partial charge >= 0.3 is 5.97 Å². The lowest BCUT2D eigenvalue weighted by Gasteiger charge is -2.37. The monoisotopic (exact) mass is 445 g/mol. The smallest absolute Gasteiger partial charge is 0.304 e. The molecule has 170 valence electrons. The first-order chi connectivity index (χ1) is 16.1.